The molecule has 25 heavy (non-hydrogen) atoms. The highest BCUT2D eigenvalue weighted by atomic mass is 32.2. The molecule has 134 valence electrons. The van der Waals surface area contributed by atoms with Gasteiger partial charge in [0.25, 0.3) is 0 Å². The molecule has 0 amide bonds. The van der Waals surface area contributed by atoms with E-state index in [0.717, 1.165) is 41.2 Å². The number of amidine groups is 1. The van der Waals surface area contributed by atoms with Gasteiger partial charge in [-0.1, -0.05) is 24.3 Å². The van der Waals surface area contributed by atoms with Crippen LogP contribution in [0.1, 0.15) is 24.8 Å². The molecule has 0 aliphatic carbocycles. The van der Waals surface area contributed by atoms with Gasteiger partial charge in [-0.15, -0.1) is 0 Å². The number of rotatable bonds is 11. The van der Waals surface area contributed by atoms with Crippen molar-refractivity contribution < 1.29 is 13.7 Å². The number of unbranched alkanes of at least 4 members (excludes halogenated alkanes) is 2. The third kappa shape index (κ3) is 6.68. The fourth-order valence-corrected chi connectivity index (χ4v) is 2.74. The van der Waals surface area contributed by atoms with Crippen molar-refractivity contribution in [3.63, 3.8) is 0 Å². The van der Waals surface area contributed by atoms with Crippen LogP contribution in [0.2, 0.25) is 0 Å². The van der Waals surface area contributed by atoms with Gasteiger partial charge in [-0.3, -0.25) is 5.41 Å². The third-order valence-corrected chi connectivity index (χ3v) is 4.27. The van der Waals surface area contributed by atoms with Gasteiger partial charge in [0.15, 0.2) is 11.5 Å². The van der Waals surface area contributed by atoms with E-state index < -0.39 is 0 Å². The highest BCUT2D eigenvalue weighted by Crippen LogP contribution is 2.26. The molecule has 5 nitrogen and oxygen atoms in total. The normalized spacial score (nSPS) is 10.4. The van der Waals surface area contributed by atoms with E-state index in [-0.39, 0.29) is 5.84 Å². The topological polar surface area (TPSA) is 77.6 Å². The van der Waals surface area contributed by atoms with E-state index in [2.05, 4.69) is 0 Å². The van der Waals surface area contributed by atoms with Crippen molar-refractivity contribution in [3.8, 4) is 11.5 Å². The van der Waals surface area contributed by atoms with Crippen LogP contribution >= 0.6 is 12.0 Å². The minimum Gasteiger partial charge on any atom is -0.493 e. The summed E-state index contributed by atoms with van der Waals surface area (Å²) in [6.07, 6.45) is 2.99. The van der Waals surface area contributed by atoms with Crippen molar-refractivity contribution in [1.29, 1.82) is 5.41 Å². The molecule has 0 heterocycles. The summed E-state index contributed by atoms with van der Waals surface area (Å²) in [4.78, 5) is 1.00. The smallest absolute Gasteiger partial charge is 0.161 e. The van der Waals surface area contributed by atoms with Gasteiger partial charge in [-0.2, -0.15) is 0 Å². The number of nitrogens with two attached hydrogens (primary N) is 1. The molecule has 0 unspecified atom stereocenters. The van der Waals surface area contributed by atoms with Crippen LogP contribution in [0.5, 0.6) is 11.5 Å². The first kappa shape index (κ1) is 19.1. The third-order valence-electron chi connectivity index (χ3n) is 3.52. The minimum absolute atomic E-state index is 0.0767. The summed E-state index contributed by atoms with van der Waals surface area (Å²) in [7, 11) is 1.64. The summed E-state index contributed by atoms with van der Waals surface area (Å²) < 4.78 is 16.6. The summed E-state index contributed by atoms with van der Waals surface area (Å²) >= 11 is 1.35. The van der Waals surface area contributed by atoms with Crippen molar-refractivity contribution in [2.24, 2.45) is 5.73 Å². The largest absolute Gasteiger partial charge is 0.493 e. The SMILES string of the molecule is COc1ccccc1OCCCCCOSc1ccc(C(=N)N)cc1. The molecule has 0 saturated heterocycles. The number of benzene rings is 2. The van der Waals surface area contributed by atoms with Crippen molar-refractivity contribution in [3.05, 3.63) is 54.1 Å². The Balaban J connectivity index is 1.54. The fraction of sp³-hybridized carbons (Fsp3) is 0.316. The zero-order valence-electron chi connectivity index (χ0n) is 14.4. The van der Waals surface area contributed by atoms with E-state index in [4.69, 9.17) is 24.8 Å². The maximum absolute atomic E-state index is 7.35. The molecular weight excluding hydrogens is 336 g/mol. The fourth-order valence-electron chi connectivity index (χ4n) is 2.16. The Morgan fingerprint density at radius 1 is 0.960 bits per heavy atom. The summed E-state index contributed by atoms with van der Waals surface area (Å²) in [5.74, 6) is 1.62. The number of nitrogen functional groups attached to an aromatic ring is 1. The van der Waals surface area contributed by atoms with Gasteiger partial charge in [0.1, 0.15) is 5.84 Å². The van der Waals surface area contributed by atoms with Crippen molar-refractivity contribution in [2.45, 2.75) is 24.2 Å². The summed E-state index contributed by atoms with van der Waals surface area (Å²) in [5, 5.41) is 7.35. The highest BCUT2D eigenvalue weighted by molar-refractivity contribution is 7.94. The Hall–Kier alpha value is -2.18. The van der Waals surface area contributed by atoms with Crippen LogP contribution in [0.4, 0.5) is 0 Å². The Morgan fingerprint density at radius 2 is 1.64 bits per heavy atom. The molecule has 2 aromatic rings. The molecule has 0 aliphatic heterocycles. The molecule has 0 bridgehead atoms. The summed E-state index contributed by atoms with van der Waals surface area (Å²) in [6, 6.07) is 15.1. The molecule has 0 aromatic heterocycles. The van der Waals surface area contributed by atoms with E-state index in [1.807, 2.05) is 48.5 Å². The molecule has 2 rings (SSSR count). The summed E-state index contributed by atoms with van der Waals surface area (Å²) in [6.45, 7) is 1.35. The van der Waals surface area contributed by atoms with Crippen molar-refractivity contribution in [2.75, 3.05) is 20.3 Å². The molecule has 6 heteroatoms. The zero-order chi connectivity index (χ0) is 17.9. The second-order valence-electron chi connectivity index (χ2n) is 5.40. The van der Waals surface area contributed by atoms with Gasteiger partial charge in [-0.25, -0.2) is 0 Å². The number of hydrogen-bond acceptors (Lipinski definition) is 5. The van der Waals surface area contributed by atoms with Gasteiger partial charge < -0.3 is 19.4 Å². The van der Waals surface area contributed by atoms with E-state index in [1.165, 1.54) is 12.0 Å². The Morgan fingerprint density at radius 3 is 2.32 bits per heavy atom. The van der Waals surface area contributed by atoms with Crippen LogP contribution in [0.15, 0.2) is 53.4 Å². The van der Waals surface area contributed by atoms with Gasteiger partial charge in [0, 0.05) is 22.5 Å². The number of hydrogen-bond donors (Lipinski definition) is 2. The van der Waals surface area contributed by atoms with Crippen LogP contribution in [-0.4, -0.2) is 26.2 Å². The quantitative estimate of drug-likeness (QED) is 0.271. The number of para-hydroxylation sites is 2. The van der Waals surface area contributed by atoms with Crippen LogP contribution in [0, 0.1) is 5.41 Å². The summed E-state index contributed by atoms with van der Waals surface area (Å²) in [5.41, 5.74) is 6.15. The van der Waals surface area contributed by atoms with Gasteiger partial charge in [-0.05, 0) is 43.5 Å². The predicted octanol–water partition coefficient (Wildman–Crippen LogP) is 4.25. The minimum atomic E-state index is 0.0767. The molecule has 0 spiro atoms. The lowest BCUT2D eigenvalue weighted by molar-refractivity contribution is 0.278. The highest BCUT2D eigenvalue weighted by Gasteiger charge is 2.02. The molecular formula is C19H24N2O3S. The Bertz CT molecular complexity index is 662. The molecule has 0 aliphatic rings. The van der Waals surface area contributed by atoms with Crippen molar-refractivity contribution in [1.82, 2.24) is 0 Å². The molecule has 0 radical (unpaired) electrons. The second-order valence-corrected chi connectivity index (χ2v) is 6.28. The average molecular weight is 360 g/mol. The molecule has 2 aromatic carbocycles. The standard InChI is InChI=1S/C19H24N2O3S/c1-22-17-7-3-4-8-18(17)23-13-5-2-6-14-24-25-16-11-9-15(10-12-16)19(20)21/h3-4,7-12H,2,5-6,13-14H2,1H3,(H3,20,21). The van der Waals surface area contributed by atoms with Crippen molar-refractivity contribution >= 4 is 17.9 Å². The second kappa shape index (κ2) is 10.6. The maximum atomic E-state index is 7.35. The molecule has 0 atom stereocenters. The van der Waals surface area contributed by atoms with Crippen LogP contribution < -0.4 is 15.2 Å². The van der Waals surface area contributed by atoms with E-state index in [1.54, 1.807) is 7.11 Å². The first-order chi connectivity index (χ1) is 12.2. The molecule has 0 fully saturated rings. The predicted molar refractivity (Wildman–Crippen MR) is 102 cm³/mol. The monoisotopic (exact) mass is 360 g/mol. The number of ether oxygens (including phenoxy) is 2. The molecule has 0 saturated carbocycles. The number of nitrogens with one attached hydrogen (secondary N) is 1. The lowest BCUT2D eigenvalue weighted by Crippen LogP contribution is -2.10. The van der Waals surface area contributed by atoms with Crippen LogP contribution in [0.3, 0.4) is 0 Å². The van der Waals surface area contributed by atoms with Crippen LogP contribution in [-0.2, 0) is 4.18 Å². The van der Waals surface area contributed by atoms with Gasteiger partial charge >= 0.3 is 0 Å². The Kier molecular flexibility index (Phi) is 8.15. The van der Waals surface area contributed by atoms with E-state index >= 15 is 0 Å². The first-order valence-corrected chi connectivity index (χ1v) is 8.94. The maximum Gasteiger partial charge on any atom is 0.161 e. The lowest BCUT2D eigenvalue weighted by Gasteiger charge is -2.10. The average Bonchev–Trinajstić information content (AvgIpc) is 2.64. The van der Waals surface area contributed by atoms with E-state index in [9.17, 15) is 0 Å². The van der Waals surface area contributed by atoms with Crippen LogP contribution in [0.25, 0.3) is 0 Å². The Labute approximate surface area is 153 Å². The zero-order valence-corrected chi connectivity index (χ0v) is 15.2. The first-order valence-electron chi connectivity index (χ1n) is 8.20. The number of methoxy groups -OCH3 is 1. The molecule has 3 N–H and O–H groups in total. The lowest BCUT2D eigenvalue weighted by atomic mass is 10.2. The van der Waals surface area contributed by atoms with E-state index in [0.29, 0.717) is 13.2 Å². The van der Waals surface area contributed by atoms with Gasteiger partial charge in [0.05, 0.1) is 20.3 Å². The van der Waals surface area contributed by atoms with Gasteiger partial charge in [0.2, 0.25) is 0 Å².